The predicted molar refractivity (Wildman–Crippen MR) is 125 cm³/mol. The summed E-state index contributed by atoms with van der Waals surface area (Å²) in [5.74, 6) is 0.975. The van der Waals surface area contributed by atoms with E-state index in [1.165, 1.54) is 6.07 Å². The van der Waals surface area contributed by atoms with Crippen molar-refractivity contribution in [2.45, 2.75) is 26.8 Å². The van der Waals surface area contributed by atoms with Crippen molar-refractivity contribution in [1.82, 2.24) is 25.5 Å². The van der Waals surface area contributed by atoms with Crippen LogP contribution in [0.25, 0.3) is 5.69 Å². The Hall–Kier alpha value is -3.68. The summed E-state index contributed by atoms with van der Waals surface area (Å²) >= 11 is 0. The number of halogens is 1. The van der Waals surface area contributed by atoms with E-state index in [2.05, 4.69) is 25.9 Å². The normalized spacial score (nSPS) is 11.3. The van der Waals surface area contributed by atoms with Crippen LogP contribution < -0.4 is 16.0 Å². The lowest BCUT2D eigenvalue weighted by Gasteiger charge is -2.12. The molecule has 32 heavy (non-hydrogen) atoms. The maximum Gasteiger partial charge on any atom is 0.251 e. The quantitative estimate of drug-likeness (QED) is 0.375. The summed E-state index contributed by atoms with van der Waals surface area (Å²) in [6, 6.07) is 12.7. The summed E-state index contributed by atoms with van der Waals surface area (Å²) in [5.41, 5.74) is 2.94. The van der Waals surface area contributed by atoms with Crippen LogP contribution in [0, 0.1) is 12.7 Å². The minimum atomic E-state index is -0.312. The molecule has 1 amide bonds. The molecule has 1 heterocycles. The van der Waals surface area contributed by atoms with Crippen LogP contribution in [0.5, 0.6) is 0 Å². The Morgan fingerprint density at radius 3 is 2.69 bits per heavy atom. The summed E-state index contributed by atoms with van der Waals surface area (Å²) in [7, 11) is 1.62. The molecule has 0 atom stereocenters. The first-order chi connectivity index (χ1) is 15.5. The standard InChI is InChI=1S/C24H29FN6O/c1-4-27-24(29-11-10-18-6-5-7-20(14-18)23(32)26-3)30-16-19-8-9-22(21(25)15-19)31-13-12-28-17(31)2/h5-9,12-15H,4,10-11,16H2,1-3H3,(H,26,32)(H2,27,29,30). The third-order valence-corrected chi connectivity index (χ3v) is 4.98. The molecular weight excluding hydrogens is 407 g/mol. The van der Waals surface area contributed by atoms with Crippen LogP contribution in [0.2, 0.25) is 0 Å². The maximum atomic E-state index is 14.6. The van der Waals surface area contributed by atoms with Crippen molar-refractivity contribution in [3.05, 3.63) is 83.2 Å². The van der Waals surface area contributed by atoms with E-state index in [4.69, 9.17) is 0 Å². The highest BCUT2D eigenvalue weighted by atomic mass is 19.1. The third kappa shape index (κ3) is 5.94. The smallest absolute Gasteiger partial charge is 0.251 e. The van der Waals surface area contributed by atoms with E-state index in [1.54, 1.807) is 36.1 Å². The van der Waals surface area contributed by atoms with Gasteiger partial charge in [-0.05, 0) is 55.7 Å². The van der Waals surface area contributed by atoms with Gasteiger partial charge < -0.3 is 20.5 Å². The van der Waals surface area contributed by atoms with Crippen LogP contribution in [0.15, 0.2) is 59.9 Å². The molecule has 3 N–H and O–H groups in total. The fourth-order valence-electron chi connectivity index (χ4n) is 3.33. The number of hydrogen-bond acceptors (Lipinski definition) is 3. The zero-order valence-electron chi connectivity index (χ0n) is 18.7. The third-order valence-electron chi connectivity index (χ3n) is 4.98. The van der Waals surface area contributed by atoms with Gasteiger partial charge in [0.05, 0.1) is 12.2 Å². The van der Waals surface area contributed by atoms with Gasteiger partial charge >= 0.3 is 0 Å². The molecule has 0 spiro atoms. The second-order valence-corrected chi connectivity index (χ2v) is 7.28. The lowest BCUT2D eigenvalue weighted by atomic mass is 10.1. The second kappa shape index (κ2) is 11.1. The number of carbonyl (C=O) groups is 1. The van der Waals surface area contributed by atoms with Crippen molar-refractivity contribution >= 4 is 11.9 Å². The molecule has 0 radical (unpaired) electrons. The highest BCUT2D eigenvalue weighted by Gasteiger charge is 2.08. The van der Waals surface area contributed by atoms with Crippen molar-refractivity contribution in [2.75, 3.05) is 20.1 Å². The number of nitrogens with zero attached hydrogens (tertiary/aromatic N) is 3. The van der Waals surface area contributed by atoms with E-state index in [0.29, 0.717) is 36.8 Å². The van der Waals surface area contributed by atoms with E-state index >= 15 is 0 Å². The fraction of sp³-hybridized carbons (Fsp3) is 0.292. The molecule has 3 aromatic rings. The average Bonchev–Trinajstić information content (AvgIpc) is 3.22. The van der Waals surface area contributed by atoms with Gasteiger partial charge in [0.25, 0.3) is 5.91 Å². The van der Waals surface area contributed by atoms with Crippen molar-refractivity contribution in [2.24, 2.45) is 4.99 Å². The predicted octanol–water partition coefficient (Wildman–Crippen LogP) is 2.98. The summed E-state index contributed by atoms with van der Waals surface area (Å²) in [6.07, 6.45) is 4.13. The Kier molecular flexibility index (Phi) is 7.96. The number of nitrogens with one attached hydrogen (secondary N) is 3. The van der Waals surface area contributed by atoms with Gasteiger partial charge in [-0.2, -0.15) is 0 Å². The van der Waals surface area contributed by atoms with Crippen molar-refractivity contribution < 1.29 is 9.18 Å². The van der Waals surface area contributed by atoms with Crippen LogP contribution in [0.1, 0.15) is 34.2 Å². The summed E-state index contributed by atoms with van der Waals surface area (Å²) < 4.78 is 16.3. The zero-order valence-corrected chi connectivity index (χ0v) is 18.7. The van der Waals surface area contributed by atoms with Gasteiger partial charge in [-0.25, -0.2) is 14.4 Å². The Labute approximate surface area is 187 Å². The van der Waals surface area contributed by atoms with Gasteiger partial charge in [0.15, 0.2) is 5.96 Å². The van der Waals surface area contributed by atoms with E-state index < -0.39 is 0 Å². The Balaban J connectivity index is 1.61. The first-order valence-corrected chi connectivity index (χ1v) is 10.6. The lowest BCUT2D eigenvalue weighted by molar-refractivity contribution is 0.0963. The molecule has 0 fully saturated rings. The molecule has 0 saturated heterocycles. The van der Waals surface area contributed by atoms with E-state index in [1.807, 2.05) is 38.1 Å². The number of aryl methyl sites for hydroxylation is 1. The van der Waals surface area contributed by atoms with Gasteiger partial charge in [-0.15, -0.1) is 0 Å². The lowest BCUT2D eigenvalue weighted by Crippen LogP contribution is -2.38. The van der Waals surface area contributed by atoms with E-state index in [0.717, 1.165) is 23.4 Å². The van der Waals surface area contributed by atoms with Gasteiger partial charge in [-0.3, -0.25) is 4.79 Å². The first kappa shape index (κ1) is 23.0. The van der Waals surface area contributed by atoms with Crippen LogP contribution in [0.3, 0.4) is 0 Å². The zero-order chi connectivity index (χ0) is 22.9. The molecule has 3 rings (SSSR count). The largest absolute Gasteiger partial charge is 0.357 e. The van der Waals surface area contributed by atoms with E-state index in [-0.39, 0.29) is 11.7 Å². The molecule has 0 unspecified atom stereocenters. The number of imidazole rings is 1. The van der Waals surface area contributed by atoms with Crippen molar-refractivity contribution in [3.8, 4) is 5.69 Å². The molecule has 0 aliphatic carbocycles. The molecule has 0 saturated carbocycles. The Bertz CT molecular complexity index is 1090. The molecule has 1 aromatic heterocycles. The number of aliphatic imine (C=N–C) groups is 1. The highest BCUT2D eigenvalue weighted by molar-refractivity contribution is 5.94. The Morgan fingerprint density at radius 2 is 2.00 bits per heavy atom. The molecule has 168 valence electrons. The molecule has 0 bridgehead atoms. The number of hydrogen-bond donors (Lipinski definition) is 3. The molecule has 0 aliphatic rings. The number of guanidine groups is 1. The summed E-state index contributed by atoms with van der Waals surface area (Å²) in [6.45, 7) is 5.54. The second-order valence-electron chi connectivity index (χ2n) is 7.28. The number of aromatic nitrogens is 2. The molecule has 7 nitrogen and oxygen atoms in total. The average molecular weight is 437 g/mol. The number of amides is 1. The van der Waals surface area contributed by atoms with Crippen molar-refractivity contribution in [1.29, 1.82) is 0 Å². The van der Waals surface area contributed by atoms with Crippen LogP contribution >= 0.6 is 0 Å². The number of carbonyl (C=O) groups excluding carboxylic acids is 1. The molecular formula is C24H29FN6O. The van der Waals surface area contributed by atoms with Crippen LogP contribution in [-0.2, 0) is 13.0 Å². The monoisotopic (exact) mass is 436 g/mol. The highest BCUT2D eigenvalue weighted by Crippen LogP contribution is 2.17. The number of benzene rings is 2. The number of rotatable bonds is 8. The molecule has 0 aliphatic heterocycles. The Morgan fingerprint density at radius 1 is 1.16 bits per heavy atom. The summed E-state index contributed by atoms with van der Waals surface area (Å²) in [5, 5.41) is 9.13. The molecule has 8 heteroatoms. The van der Waals surface area contributed by atoms with Gasteiger partial charge in [0.1, 0.15) is 11.6 Å². The first-order valence-electron chi connectivity index (χ1n) is 10.6. The fourth-order valence-corrected chi connectivity index (χ4v) is 3.33. The van der Waals surface area contributed by atoms with Crippen molar-refractivity contribution in [3.63, 3.8) is 0 Å². The van der Waals surface area contributed by atoms with Crippen LogP contribution in [-0.4, -0.2) is 41.6 Å². The SMILES string of the molecule is CCNC(=NCc1ccc(-n2ccnc2C)c(F)c1)NCCc1cccc(C(=O)NC)c1. The maximum absolute atomic E-state index is 14.6. The summed E-state index contributed by atoms with van der Waals surface area (Å²) in [4.78, 5) is 20.5. The van der Waals surface area contributed by atoms with Gasteiger partial charge in [0.2, 0.25) is 0 Å². The topological polar surface area (TPSA) is 83.3 Å². The minimum absolute atomic E-state index is 0.101. The minimum Gasteiger partial charge on any atom is -0.357 e. The van der Waals surface area contributed by atoms with Gasteiger partial charge in [0, 0.05) is 38.1 Å². The van der Waals surface area contributed by atoms with E-state index in [9.17, 15) is 9.18 Å². The molecule has 2 aromatic carbocycles. The van der Waals surface area contributed by atoms with Crippen LogP contribution in [0.4, 0.5) is 4.39 Å². The van der Waals surface area contributed by atoms with Gasteiger partial charge in [-0.1, -0.05) is 18.2 Å².